The van der Waals surface area contributed by atoms with Crippen LogP contribution in [0.1, 0.15) is 21.5 Å². The molecule has 0 heterocycles. The Morgan fingerprint density at radius 3 is 2.16 bits per heavy atom. The highest BCUT2D eigenvalue weighted by molar-refractivity contribution is 9.10. The molecule has 2 aromatic carbocycles. The van der Waals surface area contributed by atoms with E-state index in [4.69, 9.17) is 16.3 Å². The van der Waals surface area contributed by atoms with Crippen LogP contribution < -0.4 is 4.74 Å². The molecule has 4 heteroatoms. The minimum absolute atomic E-state index is 0.381. The van der Waals surface area contributed by atoms with Crippen molar-refractivity contribution in [2.75, 3.05) is 0 Å². The van der Waals surface area contributed by atoms with Crippen LogP contribution in [0.5, 0.6) is 5.75 Å². The highest BCUT2D eigenvalue weighted by atomic mass is 79.9. The Bertz CT molecular complexity index is 598. The van der Waals surface area contributed by atoms with Crippen molar-refractivity contribution in [3.63, 3.8) is 0 Å². The summed E-state index contributed by atoms with van der Waals surface area (Å²) in [6, 6.07) is 10.5. The number of carbonyl (C=O) groups is 1. The number of hydrogen-bond acceptors (Lipinski definition) is 2. The molecule has 0 spiro atoms. The Hall–Kier alpha value is -1.32. The van der Waals surface area contributed by atoms with E-state index in [2.05, 4.69) is 15.9 Å². The first kappa shape index (κ1) is 14.1. The SMILES string of the molecule is Cc1cc(OC(=O)c2ccc(Br)cc2)cc(C)c1Cl. The number of ether oxygens (including phenoxy) is 1. The van der Waals surface area contributed by atoms with Crippen LogP contribution in [0.2, 0.25) is 5.02 Å². The van der Waals surface area contributed by atoms with Crippen LogP contribution in [-0.2, 0) is 0 Å². The summed E-state index contributed by atoms with van der Waals surface area (Å²) in [4.78, 5) is 12.0. The maximum atomic E-state index is 12.0. The minimum Gasteiger partial charge on any atom is -0.423 e. The Morgan fingerprint density at radius 1 is 1.11 bits per heavy atom. The molecule has 0 aliphatic heterocycles. The molecule has 0 aliphatic rings. The highest BCUT2D eigenvalue weighted by Crippen LogP contribution is 2.26. The van der Waals surface area contributed by atoms with Crippen molar-refractivity contribution in [1.82, 2.24) is 0 Å². The third-order valence-electron chi connectivity index (χ3n) is 2.70. The van der Waals surface area contributed by atoms with E-state index in [0.717, 1.165) is 15.6 Å². The third kappa shape index (κ3) is 3.37. The zero-order valence-corrected chi connectivity index (χ0v) is 12.9. The summed E-state index contributed by atoms with van der Waals surface area (Å²) in [5.74, 6) is 0.126. The molecule has 0 aromatic heterocycles. The van der Waals surface area contributed by atoms with Gasteiger partial charge in [0.15, 0.2) is 0 Å². The summed E-state index contributed by atoms with van der Waals surface area (Å²) in [7, 11) is 0. The fraction of sp³-hybridized carbons (Fsp3) is 0.133. The number of carbonyl (C=O) groups excluding carboxylic acids is 1. The number of halogens is 2. The lowest BCUT2D eigenvalue weighted by molar-refractivity contribution is 0.0734. The first-order valence-electron chi connectivity index (χ1n) is 5.72. The minimum atomic E-state index is -0.381. The van der Waals surface area contributed by atoms with Gasteiger partial charge in [-0.25, -0.2) is 4.79 Å². The van der Waals surface area contributed by atoms with E-state index < -0.39 is 0 Å². The second-order valence-corrected chi connectivity index (χ2v) is 5.56. The average Bonchev–Trinajstić information content (AvgIpc) is 2.36. The molecule has 0 aliphatic carbocycles. The molecule has 2 rings (SSSR count). The lowest BCUT2D eigenvalue weighted by Gasteiger charge is -2.08. The van der Waals surface area contributed by atoms with Gasteiger partial charge in [0.2, 0.25) is 0 Å². The van der Waals surface area contributed by atoms with E-state index in [1.165, 1.54) is 0 Å². The number of hydrogen-bond donors (Lipinski definition) is 0. The first-order chi connectivity index (χ1) is 8.97. The van der Waals surface area contributed by atoms with E-state index in [1.54, 1.807) is 36.4 Å². The van der Waals surface area contributed by atoms with E-state index in [1.807, 2.05) is 13.8 Å². The van der Waals surface area contributed by atoms with Gasteiger partial charge in [0.25, 0.3) is 0 Å². The molecule has 0 unspecified atom stereocenters. The molecule has 0 amide bonds. The standard InChI is InChI=1S/C15H12BrClO2/c1-9-7-13(8-10(2)14(9)17)19-15(18)11-3-5-12(16)6-4-11/h3-8H,1-2H3. The van der Waals surface area contributed by atoms with E-state index in [-0.39, 0.29) is 5.97 Å². The van der Waals surface area contributed by atoms with Gasteiger partial charge in [0, 0.05) is 9.50 Å². The predicted octanol–water partition coefficient (Wildman–Crippen LogP) is 4.94. The van der Waals surface area contributed by atoms with Crippen molar-refractivity contribution in [1.29, 1.82) is 0 Å². The molecule has 0 atom stereocenters. The summed E-state index contributed by atoms with van der Waals surface area (Å²) < 4.78 is 6.26. The van der Waals surface area contributed by atoms with Gasteiger partial charge in [-0.2, -0.15) is 0 Å². The molecular formula is C15H12BrClO2. The molecule has 0 saturated carbocycles. The first-order valence-corrected chi connectivity index (χ1v) is 6.89. The second-order valence-electron chi connectivity index (χ2n) is 4.27. The van der Waals surface area contributed by atoms with Crippen LogP contribution in [0.25, 0.3) is 0 Å². The van der Waals surface area contributed by atoms with Crippen molar-refractivity contribution in [2.24, 2.45) is 0 Å². The van der Waals surface area contributed by atoms with Crippen LogP contribution in [0.3, 0.4) is 0 Å². The number of aryl methyl sites for hydroxylation is 2. The monoisotopic (exact) mass is 338 g/mol. The van der Waals surface area contributed by atoms with Gasteiger partial charge >= 0.3 is 5.97 Å². The van der Waals surface area contributed by atoms with Gasteiger partial charge in [-0.1, -0.05) is 27.5 Å². The highest BCUT2D eigenvalue weighted by Gasteiger charge is 2.10. The van der Waals surface area contributed by atoms with Crippen LogP contribution in [-0.4, -0.2) is 5.97 Å². The quantitative estimate of drug-likeness (QED) is 0.572. The lowest BCUT2D eigenvalue weighted by Crippen LogP contribution is -2.08. The molecule has 0 bridgehead atoms. The van der Waals surface area contributed by atoms with Crippen LogP contribution >= 0.6 is 27.5 Å². The van der Waals surface area contributed by atoms with Crippen LogP contribution in [0.4, 0.5) is 0 Å². The Balaban J connectivity index is 2.22. The lowest BCUT2D eigenvalue weighted by atomic mass is 10.1. The molecule has 0 saturated heterocycles. The Kier molecular flexibility index (Phi) is 4.27. The number of esters is 1. The molecule has 2 nitrogen and oxygen atoms in total. The van der Waals surface area contributed by atoms with Crippen LogP contribution in [0.15, 0.2) is 40.9 Å². The third-order valence-corrected chi connectivity index (χ3v) is 3.83. The van der Waals surface area contributed by atoms with Gasteiger partial charge in [-0.05, 0) is 61.4 Å². The van der Waals surface area contributed by atoms with Crippen molar-refractivity contribution in [3.8, 4) is 5.75 Å². The Morgan fingerprint density at radius 2 is 1.63 bits per heavy atom. The van der Waals surface area contributed by atoms with Gasteiger partial charge < -0.3 is 4.74 Å². The molecule has 2 aromatic rings. The number of rotatable bonds is 2. The van der Waals surface area contributed by atoms with Crippen molar-refractivity contribution >= 4 is 33.5 Å². The van der Waals surface area contributed by atoms with Gasteiger partial charge in [-0.15, -0.1) is 0 Å². The normalized spacial score (nSPS) is 10.3. The van der Waals surface area contributed by atoms with E-state index >= 15 is 0 Å². The van der Waals surface area contributed by atoms with E-state index in [9.17, 15) is 4.79 Å². The summed E-state index contributed by atoms with van der Waals surface area (Å²) in [6.07, 6.45) is 0. The largest absolute Gasteiger partial charge is 0.423 e. The molecule has 98 valence electrons. The smallest absolute Gasteiger partial charge is 0.343 e. The number of benzene rings is 2. The maximum absolute atomic E-state index is 12.0. The van der Waals surface area contributed by atoms with Crippen molar-refractivity contribution < 1.29 is 9.53 Å². The zero-order chi connectivity index (χ0) is 14.0. The summed E-state index contributed by atoms with van der Waals surface area (Å²) in [6.45, 7) is 3.76. The summed E-state index contributed by atoms with van der Waals surface area (Å²) >= 11 is 9.40. The van der Waals surface area contributed by atoms with Crippen molar-refractivity contribution in [3.05, 3.63) is 62.6 Å². The molecule has 0 radical (unpaired) electrons. The van der Waals surface area contributed by atoms with Gasteiger partial charge in [0.1, 0.15) is 5.75 Å². The molecule has 0 fully saturated rings. The van der Waals surface area contributed by atoms with Crippen LogP contribution in [0, 0.1) is 13.8 Å². The van der Waals surface area contributed by atoms with E-state index in [0.29, 0.717) is 16.3 Å². The van der Waals surface area contributed by atoms with Crippen molar-refractivity contribution in [2.45, 2.75) is 13.8 Å². The summed E-state index contributed by atoms with van der Waals surface area (Å²) in [5, 5.41) is 0.698. The topological polar surface area (TPSA) is 26.3 Å². The zero-order valence-electron chi connectivity index (χ0n) is 10.5. The predicted molar refractivity (Wildman–Crippen MR) is 80.0 cm³/mol. The second kappa shape index (κ2) is 5.76. The fourth-order valence-corrected chi connectivity index (χ4v) is 2.09. The molecular weight excluding hydrogens is 328 g/mol. The maximum Gasteiger partial charge on any atom is 0.343 e. The fourth-order valence-electron chi connectivity index (χ4n) is 1.72. The average molecular weight is 340 g/mol. The van der Waals surface area contributed by atoms with Gasteiger partial charge in [0.05, 0.1) is 5.56 Å². The molecule has 19 heavy (non-hydrogen) atoms. The molecule has 0 N–H and O–H groups in total. The summed E-state index contributed by atoms with van der Waals surface area (Å²) in [5.41, 5.74) is 2.29. The Labute approximate surface area is 125 Å². The van der Waals surface area contributed by atoms with Gasteiger partial charge in [-0.3, -0.25) is 0 Å².